The van der Waals surface area contributed by atoms with E-state index in [0.29, 0.717) is 0 Å². The second-order valence-corrected chi connectivity index (χ2v) is 4.57. The van der Waals surface area contributed by atoms with Crippen LogP contribution in [0.4, 0.5) is 0 Å². The van der Waals surface area contributed by atoms with Crippen LogP contribution in [-0.4, -0.2) is 6.61 Å². The molecule has 2 rings (SSSR count). The Morgan fingerprint density at radius 2 is 1.58 bits per heavy atom. The van der Waals surface area contributed by atoms with Crippen molar-refractivity contribution in [2.45, 2.75) is 47.0 Å². The molecule has 0 aliphatic heterocycles. The molecule has 0 unspecified atom stereocenters. The lowest BCUT2D eigenvalue weighted by atomic mass is 10.1. The summed E-state index contributed by atoms with van der Waals surface area (Å²) in [6.07, 6.45) is 3.62. The van der Waals surface area contributed by atoms with Crippen LogP contribution in [0.3, 0.4) is 0 Å². The van der Waals surface area contributed by atoms with Gasteiger partial charge in [0.25, 0.3) is 0 Å². The van der Waals surface area contributed by atoms with Gasteiger partial charge >= 0.3 is 0 Å². The maximum Gasteiger partial charge on any atom is 0.119 e. The molecule has 1 heteroatoms. The zero-order chi connectivity index (χ0) is 14.1. The van der Waals surface area contributed by atoms with Crippen LogP contribution in [0, 0.1) is 6.92 Å². The van der Waals surface area contributed by atoms with Crippen molar-refractivity contribution in [3.8, 4) is 5.75 Å². The van der Waals surface area contributed by atoms with Gasteiger partial charge in [-0.2, -0.15) is 0 Å². The molecule has 2 aromatic rings. The van der Waals surface area contributed by atoms with Crippen molar-refractivity contribution in [2.75, 3.05) is 6.61 Å². The van der Waals surface area contributed by atoms with E-state index in [1.807, 2.05) is 13.8 Å². The molecule has 0 heterocycles. The van der Waals surface area contributed by atoms with Crippen LogP contribution in [0.25, 0.3) is 10.8 Å². The number of rotatable bonds is 5. The van der Waals surface area contributed by atoms with Crippen molar-refractivity contribution < 1.29 is 4.74 Å². The van der Waals surface area contributed by atoms with E-state index in [0.717, 1.165) is 18.8 Å². The SMILES string of the molecule is CC.CCCCCOc1ccc2cc(C)ccc2c1. The van der Waals surface area contributed by atoms with Gasteiger partial charge < -0.3 is 4.74 Å². The maximum atomic E-state index is 5.75. The van der Waals surface area contributed by atoms with Crippen LogP contribution >= 0.6 is 0 Å². The number of hydrogen-bond acceptors (Lipinski definition) is 1. The minimum Gasteiger partial charge on any atom is -0.494 e. The van der Waals surface area contributed by atoms with Gasteiger partial charge in [0, 0.05) is 0 Å². The van der Waals surface area contributed by atoms with Gasteiger partial charge in [-0.25, -0.2) is 0 Å². The van der Waals surface area contributed by atoms with Crippen molar-refractivity contribution in [1.29, 1.82) is 0 Å². The average molecular weight is 258 g/mol. The van der Waals surface area contributed by atoms with Crippen molar-refractivity contribution in [3.05, 3.63) is 42.0 Å². The third-order valence-electron chi connectivity index (χ3n) is 2.98. The molecule has 0 aromatic heterocycles. The van der Waals surface area contributed by atoms with Gasteiger partial charge in [-0.1, -0.05) is 63.4 Å². The molecule has 0 N–H and O–H groups in total. The lowest BCUT2D eigenvalue weighted by Gasteiger charge is -2.07. The summed E-state index contributed by atoms with van der Waals surface area (Å²) in [6.45, 7) is 9.15. The topological polar surface area (TPSA) is 9.23 Å². The van der Waals surface area contributed by atoms with Crippen LogP contribution in [-0.2, 0) is 0 Å². The molecule has 0 amide bonds. The van der Waals surface area contributed by atoms with Crippen LogP contribution in [0.2, 0.25) is 0 Å². The fourth-order valence-corrected chi connectivity index (χ4v) is 1.98. The normalized spacial score (nSPS) is 9.89. The van der Waals surface area contributed by atoms with Crippen LogP contribution < -0.4 is 4.74 Å². The third-order valence-corrected chi connectivity index (χ3v) is 2.98. The van der Waals surface area contributed by atoms with Gasteiger partial charge in [0.05, 0.1) is 6.61 Å². The van der Waals surface area contributed by atoms with Gasteiger partial charge in [0.1, 0.15) is 5.75 Å². The van der Waals surface area contributed by atoms with Crippen LogP contribution in [0.1, 0.15) is 45.6 Å². The summed E-state index contributed by atoms with van der Waals surface area (Å²) in [5.41, 5.74) is 1.30. The predicted octanol–water partition coefficient (Wildman–Crippen LogP) is 5.74. The largest absolute Gasteiger partial charge is 0.494 e. The van der Waals surface area contributed by atoms with E-state index >= 15 is 0 Å². The van der Waals surface area contributed by atoms with Crippen molar-refractivity contribution >= 4 is 10.8 Å². The second kappa shape index (κ2) is 8.58. The highest BCUT2D eigenvalue weighted by molar-refractivity contribution is 5.84. The molecule has 0 saturated carbocycles. The van der Waals surface area contributed by atoms with E-state index in [1.54, 1.807) is 0 Å². The smallest absolute Gasteiger partial charge is 0.119 e. The van der Waals surface area contributed by atoms with E-state index in [-0.39, 0.29) is 0 Å². The number of hydrogen-bond donors (Lipinski definition) is 0. The van der Waals surface area contributed by atoms with Crippen LogP contribution in [0.5, 0.6) is 5.75 Å². The minimum absolute atomic E-state index is 0.825. The fourth-order valence-electron chi connectivity index (χ4n) is 1.98. The lowest BCUT2D eigenvalue weighted by molar-refractivity contribution is 0.306. The first-order valence-electron chi connectivity index (χ1n) is 7.43. The Balaban J connectivity index is 0.000000861. The van der Waals surface area contributed by atoms with E-state index in [9.17, 15) is 0 Å². The molecule has 0 aliphatic carbocycles. The highest BCUT2D eigenvalue weighted by Gasteiger charge is 1.98. The molecule has 0 saturated heterocycles. The van der Waals surface area contributed by atoms with E-state index in [4.69, 9.17) is 4.74 Å². The van der Waals surface area contributed by atoms with Crippen molar-refractivity contribution in [2.24, 2.45) is 0 Å². The quantitative estimate of drug-likeness (QED) is 0.621. The third kappa shape index (κ3) is 4.94. The Morgan fingerprint density at radius 1 is 0.895 bits per heavy atom. The highest BCUT2D eigenvalue weighted by atomic mass is 16.5. The monoisotopic (exact) mass is 258 g/mol. The van der Waals surface area contributed by atoms with Gasteiger partial charge in [-0.3, -0.25) is 0 Å². The Kier molecular flexibility index (Phi) is 7.02. The second-order valence-electron chi connectivity index (χ2n) is 4.57. The molecule has 1 nitrogen and oxygen atoms in total. The molecule has 0 atom stereocenters. The molecular formula is C18H26O. The molecule has 0 fully saturated rings. The highest BCUT2D eigenvalue weighted by Crippen LogP contribution is 2.22. The summed E-state index contributed by atoms with van der Waals surface area (Å²) in [5.74, 6) is 0.984. The number of fused-ring (bicyclic) bond motifs is 1. The molecule has 0 aliphatic rings. The number of unbranched alkanes of at least 4 members (excludes halogenated alkanes) is 2. The summed E-state index contributed by atoms with van der Waals surface area (Å²) in [6, 6.07) is 12.8. The van der Waals surface area contributed by atoms with Crippen molar-refractivity contribution in [1.82, 2.24) is 0 Å². The van der Waals surface area contributed by atoms with Gasteiger partial charge in [-0.05, 0) is 36.2 Å². The first-order valence-corrected chi connectivity index (χ1v) is 7.43. The Hall–Kier alpha value is -1.50. The molecule has 0 spiro atoms. The summed E-state index contributed by atoms with van der Waals surface area (Å²) in [5, 5.41) is 2.54. The summed E-state index contributed by atoms with van der Waals surface area (Å²) >= 11 is 0. The van der Waals surface area contributed by atoms with Gasteiger partial charge in [-0.15, -0.1) is 0 Å². The zero-order valence-electron chi connectivity index (χ0n) is 12.7. The standard InChI is InChI=1S/C16H20O.C2H6/c1-3-4-5-10-17-16-9-8-14-11-13(2)6-7-15(14)12-16;1-2/h6-9,11-12H,3-5,10H2,1-2H3;1-2H3. The molecule has 2 aromatic carbocycles. The molecule has 0 radical (unpaired) electrons. The van der Waals surface area contributed by atoms with Gasteiger partial charge in [0.2, 0.25) is 0 Å². The Morgan fingerprint density at radius 3 is 2.32 bits per heavy atom. The number of aryl methyl sites for hydroxylation is 1. The minimum atomic E-state index is 0.825. The van der Waals surface area contributed by atoms with E-state index < -0.39 is 0 Å². The summed E-state index contributed by atoms with van der Waals surface area (Å²) in [4.78, 5) is 0. The first-order chi connectivity index (χ1) is 9.29. The predicted molar refractivity (Wildman–Crippen MR) is 85.1 cm³/mol. The summed E-state index contributed by atoms with van der Waals surface area (Å²) in [7, 11) is 0. The number of ether oxygens (including phenoxy) is 1. The lowest BCUT2D eigenvalue weighted by Crippen LogP contribution is -1.96. The molecule has 0 bridgehead atoms. The molecule has 104 valence electrons. The van der Waals surface area contributed by atoms with Gasteiger partial charge in [0.15, 0.2) is 0 Å². The van der Waals surface area contributed by atoms with E-state index in [2.05, 4.69) is 50.2 Å². The van der Waals surface area contributed by atoms with E-state index in [1.165, 1.54) is 29.2 Å². The molecule has 19 heavy (non-hydrogen) atoms. The Labute approximate surface area is 117 Å². The van der Waals surface area contributed by atoms with Crippen molar-refractivity contribution in [3.63, 3.8) is 0 Å². The first kappa shape index (κ1) is 15.6. The average Bonchev–Trinajstić information content (AvgIpc) is 2.46. The maximum absolute atomic E-state index is 5.75. The summed E-state index contributed by atoms with van der Waals surface area (Å²) < 4.78 is 5.75. The Bertz CT molecular complexity index is 488. The molecular weight excluding hydrogens is 232 g/mol. The van der Waals surface area contributed by atoms with Crippen LogP contribution in [0.15, 0.2) is 36.4 Å². The number of benzene rings is 2. The fraction of sp³-hybridized carbons (Fsp3) is 0.444. The zero-order valence-corrected chi connectivity index (χ0v) is 12.7.